The van der Waals surface area contributed by atoms with Crippen molar-refractivity contribution in [2.75, 3.05) is 26.4 Å². The smallest absolute Gasteiger partial charge is 0.462 e. The molecule has 0 aromatic heterocycles. The number of hydrogen-bond acceptors (Lipinski definition) is 8. The van der Waals surface area contributed by atoms with E-state index in [0.29, 0.717) is 12.8 Å². The Morgan fingerprint density at radius 1 is 0.435 bits per heavy atom. The summed E-state index contributed by atoms with van der Waals surface area (Å²) in [5, 5.41) is 0. The lowest BCUT2D eigenvalue weighted by Crippen LogP contribution is -2.29. The van der Waals surface area contributed by atoms with Gasteiger partial charge in [0.25, 0.3) is 0 Å². The molecule has 69 heavy (non-hydrogen) atoms. The molecule has 0 bridgehead atoms. The van der Waals surface area contributed by atoms with Crippen molar-refractivity contribution in [1.29, 1.82) is 0 Å². The number of nitrogens with two attached hydrogens (primary N) is 1. The SMILES string of the molecule is CC/C=C\C/C=C\C/C=C\C/C=C\C/C=C\C/C=C\C/C=C\CCCCCCCCCC(=O)OC(COC(=O)CCCCCCCC/C=C\C/C=C\C/C=C\C/C=C\CC)COP(=O)(O)OCCN. The molecule has 2 unspecified atom stereocenters. The number of ether oxygens (including phenoxy) is 2. The molecule has 0 heterocycles. The molecule has 10 heteroatoms. The van der Waals surface area contributed by atoms with Gasteiger partial charge in [-0.1, -0.05) is 205 Å². The van der Waals surface area contributed by atoms with Gasteiger partial charge in [-0.05, 0) is 109 Å². The molecule has 0 saturated heterocycles. The van der Waals surface area contributed by atoms with Crippen molar-refractivity contribution >= 4 is 19.8 Å². The zero-order valence-electron chi connectivity index (χ0n) is 43.2. The molecule has 0 fully saturated rings. The minimum atomic E-state index is -4.40. The topological polar surface area (TPSA) is 134 Å². The maximum Gasteiger partial charge on any atom is 0.472 e. The third-order valence-corrected chi connectivity index (χ3v) is 11.5. The molecule has 0 aromatic rings. The van der Waals surface area contributed by atoms with Crippen molar-refractivity contribution < 1.29 is 37.6 Å². The lowest BCUT2D eigenvalue weighted by molar-refractivity contribution is -0.161. The number of phosphoric ester groups is 1. The molecule has 0 amide bonds. The molecule has 0 rings (SSSR count). The van der Waals surface area contributed by atoms with Crippen LogP contribution in [0.2, 0.25) is 0 Å². The molecule has 0 aliphatic heterocycles. The van der Waals surface area contributed by atoms with Crippen LogP contribution in [0, 0.1) is 0 Å². The summed E-state index contributed by atoms with van der Waals surface area (Å²) in [5.74, 6) is -0.869. The maximum absolute atomic E-state index is 12.7. The largest absolute Gasteiger partial charge is 0.472 e. The van der Waals surface area contributed by atoms with Gasteiger partial charge in [0.15, 0.2) is 6.10 Å². The second kappa shape index (κ2) is 53.5. The summed E-state index contributed by atoms with van der Waals surface area (Å²) < 4.78 is 32.9. The number of unbranched alkanes of at least 4 members (excludes halogenated alkanes) is 13. The van der Waals surface area contributed by atoms with Crippen LogP contribution in [0.25, 0.3) is 0 Å². The van der Waals surface area contributed by atoms with Crippen molar-refractivity contribution in [1.82, 2.24) is 0 Å². The van der Waals surface area contributed by atoms with E-state index in [-0.39, 0.29) is 32.6 Å². The monoisotopic (exact) mass is 978 g/mol. The summed E-state index contributed by atoms with van der Waals surface area (Å²) in [7, 11) is -4.40. The van der Waals surface area contributed by atoms with Gasteiger partial charge in [-0.2, -0.15) is 0 Å². The van der Waals surface area contributed by atoms with E-state index in [9.17, 15) is 19.0 Å². The molecular formula is C59H96NO8P. The van der Waals surface area contributed by atoms with Crippen LogP contribution in [-0.2, 0) is 32.7 Å². The van der Waals surface area contributed by atoms with E-state index in [0.717, 1.165) is 141 Å². The van der Waals surface area contributed by atoms with Gasteiger partial charge in [0.2, 0.25) is 0 Å². The Balaban J connectivity index is 4.12. The Labute approximate surface area is 421 Å². The molecule has 3 N–H and O–H groups in total. The predicted molar refractivity (Wildman–Crippen MR) is 293 cm³/mol. The molecule has 0 saturated carbocycles. The number of rotatable bonds is 48. The van der Waals surface area contributed by atoms with Crippen molar-refractivity contribution in [3.05, 3.63) is 134 Å². The average molecular weight is 978 g/mol. The Kier molecular flexibility index (Phi) is 50.5. The highest BCUT2D eigenvalue weighted by Gasteiger charge is 2.26. The summed E-state index contributed by atoms with van der Waals surface area (Å²) in [5.41, 5.74) is 5.37. The molecule has 0 spiro atoms. The van der Waals surface area contributed by atoms with E-state index < -0.39 is 32.5 Å². The molecule has 2 atom stereocenters. The van der Waals surface area contributed by atoms with Crippen molar-refractivity contribution in [2.45, 2.75) is 200 Å². The van der Waals surface area contributed by atoms with Gasteiger partial charge < -0.3 is 20.1 Å². The van der Waals surface area contributed by atoms with E-state index in [4.69, 9.17) is 24.3 Å². The molecular weight excluding hydrogens is 882 g/mol. The van der Waals surface area contributed by atoms with E-state index >= 15 is 0 Å². The minimum Gasteiger partial charge on any atom is -0.462 e. The van der Waals surface area contributed by atoms with Crippen LogP contribution in [0.4, 0.5) is 0 Å². The summed E-state index contributed by atoms with van der Waals surface area (Å²) in [4.78, 5) is 35.1. The fourth-order valence-electron chi connectivity index (χ4n) is 6.66. The van der Waals surface area contributed by atoms with Gasteiger partial charge in [0.1, 0.15) is 6.61 Å². The number of phosphoric acid groups is 1. The first kappa shape index (κ1) is 65.1. The van der Waals surface area contributed by atoms with Crippen molar-refractivity contribution in [3.63, 3.8) is 0 Å². The summed E-state index contributed by atoms with van der Waals surface area (Å²) in [6.07, 6.45) is 74.9. The van der Waals surface area contributed by atoms with Crippen LogP contribution in [0.15, 0.2) is 134 Å². The van der Waals surface area contributed by atoms with Crippen LogP contribution in [-0.4, -0.2) is 49.3 Å². The highest BCUT2D eigenvalue weighted by molar-refractivity contribution is 7.47. The first-order valence-electron chi connectivity index (χ1n) is 26.7. The minimum absolute atomic E-state index is 0.0413. The highest BCUT2D eigenvalue weighted by Crippen LogP contribution is 2.43. The van der Waals surface area contributed by atoms with Crippen LogP contribution in [0.3, 0.4) is 0 Å². The molecule has 0 aromatic carbocycles. The number of carbonyl (C=O) groups is 2. The fraction of sp³-hybridized carbons (Fsp3) is 0.593. The van der Waals surface area contributed by atoms with Crippen LogP contribution >= 0.6 is 7.82 Å². The first-order valence-corrected chi connectivity index (χ1v) is 28.2. The van der Waals surface area contributed by atoms with Crippen LogP contribution in [0.1, 0.15) is 194 Å². The van der Waals surface area contributed by atoms with E-state index in [1.807, 2.05) is 0 Å². The van der Waals surface area contributed by atoms with E-state index in [1.165, 1.54) is 12.8 Å². The molecule has 9 nitrogen and oxygen atoms in total. The lowest BCUT2D eigenvalue weighted by atomic mass is 10.1. The summed E-state index contributed by atoms with van der Waals surface area (Å²) in [6, 6.07) is 0. The Hall–Kier alpha value is -3.85. The molecule has 0 aliphatic carbocycles. The molecule has 0 radical (unpaired) electrons. The Morgan fingerprint density at radius 2 is 0.754 bits per heavy atom. The van der Waals surface area contributed by atoms with E-state index in [1.54, 1.807) is 0 Å². The van der Waals surface area contributed by atoms with Crippen LogP contribution < -0.4 is 5.73 Å². The van der Waals surface area contributed by atoms with Gasteiger partial charge in [0.05, 0.1) is 13.2 Å². The van der Waals surface area contributed by atoms with Gasteiger partial charge in [-0.3, -0.25) is 18.6 Å². The Morgan fingerprint density at radius 3 is 1.12 bits per heavy atom. The summed E-state index contributed by atoms with van der Waals surface area (Å²) in [6.45, 7) is 3.46. The second-order valence-corrected chi connectivity index (χ2v) is 18.4. The number of carbonyl (C=O) groups excluding carboxylic acids is 2. The standard InChI is InChI=1S/C59H96NO8P/c1-3-5-7-9-11-13-15-17-19-21-23-24-25-26-27-28-29-30-31-32-34-36-38-40-42-44-46-48-50-52-59(62)68-57(56-67-69(63,64)66-54-53-60)55-65-58(61)51-49-47-45-43-41-39-37-35-33-22-20-18-16-14-12-10-8-6-4-2/h5-8,11-14,17-20,23-24,26-27,29-30,32-35,57H,3-4,9-10,15-16,21-22,25,28,31,36-56,60H2,1-2H3,(H,63,64)/b7-5-,8-6-,13-11-,14-12-,19-17-,20-18-,24-23-,27-26-,30-29-,34-32-,35-33-. The maximum atomic E-state index is 12.7. The van der Waals surface area contributed by atoms with Gasteiger partial charge in [-0.25, -0.2) is 4.57 Å². The highest BCUT2D eigenvalue weighted by atomic mass is 31.2. The zero-order chi connectivity index (χ0) is 50.2. The number of hydrogen-bond donors (Lipinski definition) is 2. The van der Waals surface area contributed by atoms with Gasteiger partial charge in [-0.15, -0.1) is 0 Å². The van der Waals surface area contributed by atoms with Gasteiger partial charge in [0, 0.05) is 19.4 Å². The van der Waals surface area contributed by atoms with Gasteiger partial charge >= 0.3 is 19.8 Å². The summed E-state index contributed by atoms with van der Waals surface area (Å²) >= 11 is 0. The van der Waals surface area contributed by atoms with Crippen molar-refractivity contribution in [2.24, 2.45) is 5.73 Å². The molecule has 390 valence electrons. The first-order chi connectivity index (χ1) is 33.8. The fourth-order valence-corrected chi connectivity index (χ4v) is 7.43. The Bertz CT molecular complexity index is 1580. The van der Waals surface area contributed by atoms with E-state index in [2.05, 4.69) is 148 Å². The third-order valence-electron chi connectivity index (χ3n) is 10.5. The predicted octanol–water partition coefficient (Wildman–Crippen LogP) is 16.6. The number of esters is 2. The van der Waals surface area contributed by atoms with Crippen molar-refractivity contribution in [3.8, 4) is 0 Å². The average Bonchev–Trinajstić information content (AvgIpc) is 3.34. The third kappa shape index (κ3) is 53.4. The molecule has 0 aliphatic rings. The normalized spacial score (nSPS) is 14.2. The quantitative estimate of drug-likeness (QED) is 0.0264. The second-order valence-electron chi connectivity index (χ2n) is 17.0. The number of allylic oxidation sites excluding steroid dienone is 22. The lowest BCUT2D eigenvalue weighted by Gasteiger charge is -2.19. The zero-order valence-corrected chi connectivity index (χ0v) is 44.1. The van der Waals surface area contributed by atoms with Crippen LogP contribution in [0.5, 0.6) is 0 Å².